The lowest BCUT2D eigenvalue weighted by Gasteiger charge is -2.39. The summed E-state index contributed by atoms with van der Waals surface area (Å²) in [5.41, 5.74) is 3.46. The van der Waals surface area contributed by atoms with Gasteiger partial charge in [0.15, 0.2) is 5.65 Å². The predicted molar refractivity (Wildman–Crippen MR) is 132 cm³/mol. The third-order valence-corrected chi connectivity index (χ3v) is 6.35. The molecule has 3 heterocycles. The van der Waals surface area contributed by atoms with Gasteiger partial charge in [0.05, 0.1) is 26.0 Å². The molecule has 0 atom stereocenters. The molecule has 176 valence electrons. The topological polar surface area (TPSA) is 55.1 Å². The van der Waals surface area contributed by atoms with Gasteiger partial charge in [-0.25, -0.2) is 4.52 Å². The molecule has 0 radical (unpaired) electrons. The fraction of sp³-hybridized carbons (Fsp3) is 0.333. The van der Waals surface area contributed by atoms with E-state index in [2.05, 4.69) is 80.5 Å². The standard InChI is InChI=1S/C27H31N5O2/c1-33-26-21-32-24(28-26)13-14-25(29-32)34-20-8-15-30-16-18-31(19-17-30)27(22-9-4-2-5-10-22)23-11-6-3-7-12-23/h2-7,9-14,21,27H,8,15-20H2,1H3. The Morgan fingerprint density at radius 2 is 1.50 bits per heavy atom. The van der Waals surface area contributed by atoms with Gasteiger partial charge in [-0.15, -0.1) is 5.10 Å². The zero-order chi connectivity index (χ0) is 23.2. The van der Waals surface area contributed by atoms with E-state index in [1.807, 2.05) is 12.1 Å². The van der Waals surface area contributed by atoms with Crippen molar-refractivity contribution < 1.29 is 9.47 Å². The lowest BCUT2D eigenvalue weighted by Crippen LogP contribution is -2.48. The highest BCUT2D eigenvalue weighted by Crippen LogP contribution is 2.29. The maximum atomic E-state index is 5.89. The molecule has 0 N–H and O–H groups in total. The number of aromatic nitrogens is 3. The second-order valence-electron chi connectivity index (χ2n) is 8.56. The molecule has 5 rings (SSSR count). The van der Waals surface area contributed by atoms with Crippen molar-refractivity contribution in [3.8, 4) is 11.8 Å². The summed E-state index contributed by atoms with van der Waals surface area (Å²) >= 11 is 0. The van der Waals surface area contributed by atoms with Crippen LogP contribution in [0.2, 0.25) is 0 Å². The van der Waals surface area contributed by atoms with E-state index in [1.54, 1.807) is 17.8 Å². The molecule has 7 heteroatoms. The van der Waals surface area contributed by atoms with Gasteiger partial charge < -0.3 is 14.4 Å². The van der Waals surface area contributed by atoms with E-state index in [4.69, 9.17) is 9.47 Å². The summed E-state index contributed by atoms with van der Waals surface area (Å²) in [6.07, 6.45) is 2.72. The van der Waals surface area contributed by atoms with Crippen molar-refractivity contribution in [2.45, 2.75) is 12.5 Å². The molecule has 0 bridgehead atoms. The Kier molecular flexibility index (Phi) is 7.02. The SMILES string of the molecule is COc1cn2nc(OCCCN3CCN(C(c4ccccc4)c4ccccc4)CC3)ccc2n1. The van der Waals surface area contributed by atoms with E-state index in [-0.39, 0.29) is 0 Å². The summed E-state index contributed by atoms with van der Waals surface area (Å²) in [4.78, 5) is 9.44. The molecule has 4 aromatic rings. The van der Waals surface area contributed by atoms with Gasteiger partial charge in [-0.3, -0.25) is 4.90 Å². The number of hydrogen-bond acceptors (Lipinski definition) is 6. The Morgan fingerprint density at radius 3 is 2.15 bits per heavy atom. The van der Waals surface area contributed by atoms with E-state index < -0.39 is 0 Å². The van der Waals surface area contributed by atoms with Crippen molar-refractivity contribution in [3.05, 3.63) is 90.1 Å². The van der Waals surface area contributed by atoms with E-state index in [0.717, 1.165) is 44.8 Å². The first-order valence-electron chi connectivity index (χ1n) is 11.9. The van der Waals surface area contributed by atoms with E-state index >= 15 is 0 Å². The summed E-state index contributed by atoms with van der Waals surface area (Å²) in [7, 11) is 1.60. The first kappa shape index (κ1) is 22.4. The second-order valence-corrected chi connectivity index (χ2v) is 8.56. The minimum Gasteiger partial charge on any atom is -0.480 e. The molecule has 1 aliphatic rings. The first-order chi connectivity index (χ1) is 16.8. The number of methoxy groups -OCH3 is 1. The van der Waals surface area contributed by atoms with Gasteiger partial charge in [0.1, 0.15) is 0 Å². The fourth-order valence-electron chi connectivity index (χ4n) is 4.61. The monoisotopic (exact) mass is 457 g/mol. The van der Waals surface area contributed by atoms with Crippen molar-refractivity contribution >= 4 is 5.65 Å². The number of fused-ring (bicyclic) bond motifs is 1. The van der Waals surface area contributed by atoms with Crippen LogP contribution in [-0.2, 0) is 0 Å². The number of imidazole rings is 1. The molecular weight excluding hydrogens is 426 g/mol. The van der Waals surface area contributed by atoms with Crippen LogP contribution in [0.15, 0.2) is 79.0 Å². The molecule has 0 spiro atoms. The van der Waals surface area contributed by atoms with Crippen LogP contribution >= 0.6 is 0 Å². The Morgan fingerprint density at radius 1 is 0.824 bits per heavy atom. The Hall–Kier alpha value is -3.42. The number of hydrogen-bond donors (Lipinski definition) is 0. The van der Waals surface area contributed by atoms with Crippen LogP contribution in [0, 0.1) is 0 Å². The molecule has 1 saturated heterocycles. The van der Waals surface area contributed by atoms with Crippen molar-refractivity contribution in [3.63, 3.8) is 0 Å². The van der Waals surface area contributed by atoms with E-state index in [0.29, 0.717) is 24.4 Å². The van der Waals surface area contributed by atoms with Gasteiger partial charge in [-0.05, 0) is 23.6 Å². The highest BCUT2D eigenvalue weighted by Gasteiger charge is 2.26. The number of ether oxygens (including phenoxy) is 2. The Balaban J connectivity index is 1.12. The van der Waals surface area contributed by atoms with Crippen LogP contribution in [0.25, 0.3) is 5.65 Å². The van der Waals surface area contributed by atoms with Crippen LogP contribution in [0.3, 0.4) is 0 Å². The molecule has 2 aromatic carbocycles. The van der Waals surface area contributed by atoms with Crippen LogP contribution in [-0.4, -0.2) is 70.8 Å². The van der Waals surface area contributed by atoms with Crippen LogP contribution in [0.4, 0.5) is 0 Å². The average Bonchev–Trinajstić information content (AvgIpc) is 3.32. The molecule has 7 nitrogen and oxygen atoms in total. The molecule has 34 heavy (non-hydrogen) atoms. The molecule has 1 aliphatic heterocycles. The smallest absolute Gasteiger partial charge is 0.234 e. The lowest BCUT2D eigenvalue weighted by atomic mass is 9.96. The van der Waals surface area contributed by atoms with Crippen molar-refractivity contribution in [2.24, 2.45) is 0 Å². The fourth-order valence-corrected chi connectivity index (χ4v) is 4.61. The zero-order valence-electron chi connectivity index (χ0n) is 19.6. The maximum absolute atomic E-state index is 5.89. The predicted octanol–water partition coefficient (Wildman–Crippen LogP) is 3.91. The van der Waals surface area contributed by atoms with Gasteiger partial charge in [0.2, 0.25) is 11.8 Å². The molecular formula is C27H31N5O2. The van der Waals surface area contributed by atoms with Gasteiger partial charge in [0.25, 0.3) is 0 Å². The second kappa shape index (κ2) is 10.7. The van der Waals surface area contributed by atoms with Gasteiger partial charge >= 0.3 is 0 Å². The molecule has 2 aromatic heterocycles. The average molecular weight is 458 g/mol. The number of benzene rings is 2. The molecule has 1 fully saturated rings. The summed E-state index contributed by atoms with van der Waals surface area (Å²) < 4.78 is 12.7. The highest BCUT2D eigenvalue weighted by molar-refractivity contribution is 5.41. The van der Waals surface area contributed by atoms with Gasteiger partial charge in [-0.2, -0.15) is 4.98 Å². The Bertz CT molecular complexity index is 1130. The minimum absolute atomic E-state index is 0.302. The lowest BCUT2D eigenvalue weighted by molar-refractivity contribution is 0.104. The summed E-state index contributed by atoms with van der Waals surface area (Å²) in [6, 6.07) is 25.7. The molecule has 0 saturated carbocycles. The summed E-state index contributed by atoms with van der Waals surface area (Å²) in [5.74, 6) is 1.15. The van der Waals surface area contributed by atoms with Crippen molar-refractivity contribution in [1.82, 2.24) is 24.4 Å². The number of rotatable bonds is 9. The van der Waals surface area contributed by atoms with E-state index in [1.165, 1.54) is 11.1 Å². The first-order valence-corrected chi connectivity index (χ1v) is 11.9. The Labute approximate surface area is 200 Å². The molecule has 0 amide bonds. The van der Waals surface area contributed by atoms with Crippen molar-refractivity contribution in [2.75, 3.05) is 46.4 Å². The largest absolute Gasteiger partial charge is 0.480 e. The minimum atomic E-state index is 0.302. The third kappa shape index (κ3) is 5.21. The number of nitrogens with zero attached hydrogens (tertiary/aromatic N) is 5. The normalized spacial score (nSPS) is 15.1. The number of piperazine rings is 1. The molecule has 0 aliphatic carbocycles. The van der Waals surface area contributed by atoms with Crippen molar-refractivity contribution in [1.29, 1.82) is 0 Å². The zero-order valence-corrected chi connectivity index (χ0v) is 19.6. The van der Waals surface area contributed by atoms with E-state index in [9.17, 15) is 0 Å². The summed E-state index contributed by atoms with van der Waals surface area (Å²) in [6.45, 7) is 5.90. The van der Waals surface area contributed by atoms with Crippen LogP contribution in [0.5, 0.6) is 11.8 Å². The highest BCUT2D eigenvalue weighted by atomic mass is 16.5. The van der Waals surface area contributed by atoms with Crippen LogP contribution < -0.4 is 9.47 Å². The molecule has 0 unspecified atom stereocenters. The quantitative estimate of drug-likeness (QED) is 0.355. The summed E-state index contributed by atoms with van der Waals surface area (Å²) in [5, 5.41) is 4.45. The van der Waals surface area contributed by atoms with Gasteiger partial charge in [-0.1, -0.05) is 60.7 Å². The van der Waals surface area contributed by atoms with Crippen LogP contribution in [0.1, 0.15) is 23.6 Å². The van der Waals surface area contributed by atoms with Gasteiger partial charge in [0, 0.05) is 38.8 Å². The maximum Gasteiger partial charge on any atom is 0.234 e. The third-order valence-electron chi connectivity index (χ3n) is 6.35.